The van der Waals surface area contributed by atoms with Gasteiger partial charge in [-0.15, -0.1) is 0 Å². The molecule has 0 amide bonds. The first-order valence-electron chi connectivity index (χ1n) is 6.43. The van der Waals surface area contributed by atoms with Crippen LogP contribution in [0.15, 0.2) is 42.9 Å². The van der Waals surface area contributed by atoms with E-state index in [9.17, 15) is 0 Å². The molecule has 0 radical (unpaired) electrons. The third-order valence-electron chi connectivity index (χ3n) is 3.03. The van der Waals surface area contributed by atoms with Crippen LogP contribution in [0, 0.1) is 0 Å². The highest BCUT2D eigenvalue weighted by molar-refractivity contribution is 5.34. The van der Waals surface area contributed by atoms with Crippen molar-refractivity contribution in [2.24, 2.45) is 0 Å². The number of rotatable bonds is 5. The molecule has 1 aromatic heterocycles. The number of benzene rings is 1. The maximum absolute atomic E-state index is 4.42. The highest BCUT2D eigenvalue weighted by Gasteiger charge is 2.16. The van der Waals surface area contributed by atoms with Crippen LogP contribution in [0.25, 0.3) is 0 Å². The summed E-state index contributed by atoms with van der Waals surface area (Å²) in [7, 11) is 0. The van der Waals surface area contributed by atoms with Crippen LogP contribution in [0.4, 0.5) is 0 Å². The Morgan fingerprint density at radius 1 is 1.17 bits per heavy atom. The minimum absolute atomic E-state index is 0.125. The zero-order valence-electron chi connectivity index (χ0n) is 10.9. The Balaban J connectivity index is 2.41. The summed E-state index contributed by atoms with van der Waals surface area (Å²) in [5.41, 5.74) is 3.62. The molecular formula is C15H19N3. The van der Waals surface area contributed by atoms with Crippen molar-refractivity contribution in [3.05, 3.63) is 59.7 Å². The predicted octanol–water partition coefficient (Wildman–Crippen LogP) is 2.74. The fraction of sp³-hybridized carbons (Fsp3) is 0.333. The van der Waals surface area contributed by atoms with Crippen molar-refractivity contribution in [2.45, 2.75) is 26.3 Å². The van der Waals surface area contributed by atoms with Crippen molar-refractivity contribution in [1.29, 1.82) is 0 Å². The Bertz CT molecular complexity index is 482. The molecule has 94 valence electrons. The number of hydrogen-bond acceptors (Lipinski definition) is 3. The van der Waals surface area contributed by atoms with Crippen LogP contribution >= 0.6 is 0 Å². The summed E-state index contributed by atoms with van der Waals surface area (Å²) in [5.74, 6) is 0. The third kappa shape index (κ3) is 2.74. The highest BCUT2D eigenvalue weighted by Crippen LogP contribution is 2.23. The fourth-order valence-corrected chi connectivity index (χ4v) is 2.18. The van der Waals surface area contributed by atoms with Gasteiger partial charge < -0.3 is 5.32 Å². The van der Waals surface area contributed by atoms with Crippen LogP contribution in [0.2, 0.25) is 0 Å². The number of nitrogens with one attached hydrogen (secondary N) is 1. The van der Waals surface area contributed by atoms with Gasteiger partial charge in [0, 0.05) is 12.4 Å². The van der Waals surface area contributed by atoms with Gasteiger partial charge in [-0.2, -0.15) is 0 Å². The zero-order valence-corrected chi connectivity index (χ0v) is 10.9. The number of aryl methyl sites for hydroxylation is 1. The minimum atomic E-state index is 0.125. The van der Waals surface area contributed by atoms with Gasteiger partial charge in [0.05, 0.1) is 17.9 Å². The molecule has 1 N–H and O–H groups in total. The number of nitrogens with zero attached hydrogens (tertiary/aromatic N) is 2. The van der Waals surface area contributed by atoms with Gasteiger partial charge in [0.25, 0.3) is 0 Å². The molecule has 0 fully saturated rings. The lowest BCUT2D eigenvalue weighted by Crippen LogP contribution is -2.24. The van der Waals surface area contributed by atoms with E-state index in [0.717, 1.165) is 18.7 Å². The van der Waals surface area contributed by atoms with Gasteiger partial charge in [-0.3, -0.25) is 9.97 Å². The number of hydrogen-bond donors (Lipinski definition) is 1. The first kappa shape index (κ1) is 12.7. The van der Waals surface area contributed by atoms with Gasteiger partial charge in [-0.25, -0.2) is 0 Å². The van der Waals surface area contributed by atoms with E-state index in [2.05, 4.69) is 53.4 Å². The van der Waals surface area contributed by atoms with Crippen molar-refractivity contribution in [3.8, 4) is 0 Å². The van der Waals surface area contributed by atoms with E-state index < -0.39 is 0 Å². The molecule has 2 rings (SSSR count). The lowest BCUT2D eigenvalue weighted by molar-refractivity contribution is 0.608. The Morgan fingerprint density at radius 3 is 2.67 bits per heavy atom. The molecular weight excluding hydrogens is 222 g/mol. The lowest BCUT2D eigenvalue weighted by atomic mass is 9.96. The van der Waals surface area contributed by atoms with E-state index in [-0.39, 0.29) is 6.04 Å². The highest BCUT2D eigenvalue weighted by atomic mass is 14.9. The van der Waals surface area contributed by atoms with Crippen molar-refractivity contribution < 1.29 is 0 Å². The van der Waals surface area contributed by atoms with Crippen LogP contribution in [0.3, 0.4) is 0 Å². The summed E-state index contributed by atoms with van der Waals surface area (Å²) in [6.07, 6.45) is 6.31. The van der Waals surface area contributed by atoms with Crippen LogP contribution in [0.5, 0.6) is 0 Å². The summed E-state index contributed by atoms with van der Waals surface area (Å²) in [6, 6.07) is 8.63. The Labute approximate surface area is 108 Å². The molecule has 0 saturated heterocycles. The van der Waals surface area contributed by atoms with Gasteiger partial charge in [0.2, 0.25) is 0 Å². The Kier molecular flexibility index (Phi) is 4.42. The standard InChI is InChI=1S/C15H19N3/c1-3-12-7-5-6-8-13(12)15(17-4-2)14-11-16-9-10-18-14/h5-11,15,17H,3-4H2,1-2H3. The quantitative estimate of drug-likeness (QED) is 0.874. The molecule has 0 aliphatic carbocycles. The summed E-state index contributed by atoms with van der Waals surface area (Å²) in [4.78, 5) is 8.59. The van der Waals surface area contributed by atoms with E-state index in [1.54, 1.807) is 12.4 Å². The summed E-state index contributed by atoms with van der Waals surface area (Å²) in [5, 5.41) is 3.49. The molecule has 2 aromatic rings. The predicted molar refractivity (Wildman–Crippen MR) is 73.4 cm³/mol. The average molecular weight is 241 g/mol. The maximum atomic E-state index is 4.42. The van der Waals surface area contributed by atoms with Gasteiger partial charge >= 0.3 is 0 Å². The molecule has 1 heterocycles. The van der Waals surface area contributed by atoms with E-state index in [0.29, 0.717) is 0 Å². The molecule has 0 aliphatic heterocycles. The molecule has 0 bridgehead atoms. The monoisotopic (exact) mass is 241 g/mol. The van der Waals surface area contributed by atoms with Crippen molar-refractivity contribution >= 4 is 0 Å². The van der Waals surface area contributed by atoms with Crippen molar-refractivity contribution in [2.75, 3.05) is 6.54 Å². The Morgan fingerprint density at radius 2 is 2.00 bits per heavy atom. The van der Waals surface area contributed by atoms with E-state index >= 15 is 0 Å². The minimum Gasteiger partial charge on any atom is -0.305 e. The summed E-state index contributed by atoms with van der Waals surface area (Å²) >= 11 is 0. The van der Waals surface area contributed by atoms with Gasteiger partial charge in [0.15, 0.2) is 0 Å². The lowest BCUT2D eigenvalue weighted by Gasteiger charge is -2.20. The maximum Gasteiger partial charge on any atom is 0.0801 e. The summed E-state index contributed by atoms with van der Waals surface area (Å²) < 4.78 is 0. The van der Waals surface area contributed by atoms with Crippen LogP contribution < -0.4 is 5.32 Å². The fourth-order valence-electron chi connectivity index (χ4n) is 2.18. The van der Waals surface area contributed by atoms with Crippen LogP contribution in [-0.4, -0.2) is 16.5 Å². The SMILES string of the molecule is CCNC(c1cnccn1)c1ccccc1CC. The molecule has 0 spiro atoms. The second kappa shape index (κ2) is 6.26. The van der Waals surface area contributed by atoms with E-state index in [4.69, 9.17) is 0 Å². The second-order valence-corrected chi connectivity index (χ2v) is 4.17. The van der Waals surface area contributed by atoms with Crippen LogP contribution in [0.1, 0.15) is 36.7 Å². The third-order valence-corrected chi connectivity index (χ3v) is 3.03. The van der Waals surface area contributed by atoms with Gasteiger partial charge in [-0.05, 0) is 24.1 Å². The van der Waals surface area contributed by atoms with Gasteiger partial charge in [0.1, 0.15) is 0 Å². The molecule has 1 unspecified atom stereocenters. The number of aromatic nitrogens is 2. The zero-order chi connectivity index (χ0) is 12.8. The molecule has 3 heteroatoms. The topological polar surface area (TPSA) is 37.8 Å². The average Bonchev–Trinajstić information content (AvgIpc) is 2.46. The Hall–Kier alpha value is -1.74. The van der Waals surface area contributed by atoms with Crippen molar-refractivity contribution in [3.63, 3.8) is 0 Å². The van der Waals surface area contributed by atoms with E-state index in [1.807, 2.05) is 6.20 Å². The van der Waals surface area contributed by atoms with E-state index in [1.165, 1.54) is 11.1 Å². The molecule has 0 saturated carbocycles. The first-order chi connectivity index (χ1) is 8.86. The molecule has 18 heavy (non-hydrogen) atoms. The van der Waals surface area contributed by atoms with Crippen LogP contribution in [-0.2, 0) is 6.42 Å². The molecule has 3 nitrogen and oxygen atoms in total. The molecule has 1 aromatic carbocycles. The second-order valence-electron chi connectivity index (χ2n) is 4.17. The smallest absolute Gasteiger partial charge is 0.0801 e. The van der Waals surface area contributed by atoms with Gasteiger partial charge in [-0.1, -0.05) is 38.1 Å². The largest absolute Gasteiger partial charge is 0.305 e. The first-order valence-corrected chi connectivity index (χ1v) is 6.43. The molecule has 0 aliphatic rings. The molecule has 1 atom stereocenters. The van der Waals surface area contributed by atoms with Crippen molar-refractivity contribution in [1.82, 2.24) is 15.3 Å². The normalized spacial score (nSPS) is 12.3. The summed E-state index contributed by atoms with van der Waals surface area (Å²) in [6.45, 7) is 5.19.